The van der Waals surface area contributed by atoms with E-state index in [0.29, 0.717) is 18.8 Å². The normalized spacial score (nSPS) is 16.4. The van der Waals surface area contributed by atoms with Gasteiger partial charge in [-0.25, -0.2) is 9.52 Å². The number of hydrogen-bond acceptors (Lipinski definition) is 4. The molecule has 6 nitrogen and oxygen atoms in total. The van der Waals surface area contributed by atoms with E-state index >= 15 is 0 Å². The molecule has 1 rings (SSSR count). The Bertz CT molecular complexity index is 370. The Balaban J connectivity index is 2.66. The topological polar surface area (TPSA) is 75.7 Å². The fraction of sp³-hybridized carbons (Fsp3) is 0.900. The first-order valence-electron chi connectivity index (χ1n) is 6.03. The van der Waals surface area contributed by atoms with E-state index in [0.717, 1.165) is 19.3 Å². The van der Waals surface area contributed by atoms with Crippen LogP contribution in [0.3, 0.4) is 0 Å². The van der Waals surface area contributed by atoms with Gasteiger partial charge in [-0.15, -0.1) is 11.6 Å². The number of ether oxygens (including phenoxy) is 1. The van der Waals surface area contributed by atoms with Crippen molar-refractivity contribution in [1.29, 1.82) is 0 Å². The number of nitrogens with zero attached hydrogens (tertiary/aromatic N) is 1. The Morgan fingerprint density at radius 2 is 2.17 bits per heavy atom. The number of halogens is 1. The van der Waals surface area contributed by atoms with Crippen LogP contribution in [0, 0.1) is 0 Å². The summed E-state index contributed by atoms with van der Waals surface area (Å²) in [5, 5.41) is 0. The third kappa shape index (κ3) is 4.29. The molecule has 0 aromatic rings. The molecular weight excluding hydrogens is 280 g/mol. The highest BCUT2D eigenvalue weighted by Crippen LogP contribution is 2.26. The van der Waals surface area contributed by atoms with Crippen LogP contribution in [-0.2, 0) is 14.9 Å². The molecule has 1 fully saturated rings. The van der Waals surface area contributed by atoms with Gasteiger partial charge in [-0.05, 0) is 26.2 Å². The maximum Gasteiger partial charge on any atom is 0.421 e. The van der Waals surface area contributed by atoms with Crippen LogP contribution in [0.1, 0.15) is 32.6 Å². The van der Waals surface area contributed by atoms with Gasteiger partial charge in [0.2, 0.25) is 0 Å². The van der Waals surface area contributed by atoms with Gasteiger partial charge in [-0.1, -0.05) is 6.42 Å². The van der Waals surface area contributed by atoms with Crippen LogP contribution in [0.25, 0.3) is 0 Å². The van der Waals surface area contributed by atoms with Crippen molar-refractivity contribution in [2.45, 2.75) is 38.6 Å². The third-order valence-corrected chi connectivity index (χ3v) is 4.58. The monoisotopic (exact) mass is 298 g/mol. The number of nitrogens with one attached hydrogen (secondary N) is 1. The number of carbonyl (C=O) groups excluding carboxylic acids is 1. The number of amides is 1. The van der Waals surface area contributed by atoms with E-state index < -0.39 is 16.3 Å². The van der Waals surface area contributed by atoms with Crippen molar-refractivity contribution in [3.8, 4) is 0 Å². The van der Waals surface area contributed by atoms with Crippen molar-refractivity contribution in [3.05, 3.63) is 0 Å². The maximum absolute atomic E-state index is 12.0. The molecule has 1 saturated carbocycles. The van der Waals surface area contributed by atoms with Crippen molar-refractivity contribution >= 4 is 27.9 Å². The zero-order valence-corrected chi connectivity index (χ0v) is 12.0. The molecular formula is C10H19ClN2O4S. The fourth-order valence-electron chi connectivity index (χ4n) is 1.71. The summed E-state index contributed by atoms with van der Waals surface area (Å²) in [7, 11) is -3.83. The van der Waals surface area contributed by atoms with Gasteiger partial charge in [-0.3, -0.25) is 0 Å². The highest BCUT2D eigenvalue weighted by Gasteiger charge is 2.34. The second-order valence-corrected chi connectivity index (χ2v) is 6.07. The van der Waals surface area contributed by atoms with Crippen molar-refractivity contribution in [2.24, 2.45) is 0 Å². The van der Waals surface area contributed by atoms with Crippen LogP contribution in [0.2, 0.25) is 0 Å². The molecule has 1 N–H and O–H groups in total. The molecule has 1 aliphatic rings. The number of hydrogen-bond donors (Lipinski definition) is 1. The Hall–Kier alpha value is -0.530. The predicted octanol–water partition coefficient (Wildman–Crippen LogP) is 1.46. The van der Waals surface area contributed by atoms with Crippen molar-refractivity contribution in [1.82, 2.24) is 9.03 Å². The maximum atomic E-state index is 12.0. The van der Waals surface area contributed by atoms with Gasteiger partial charge >= 0.3 is 16.3 Å². The number of alkyl halides is 1. The smallest absolute Gasteiger partial charge is 0.421 e. The van der Waals surface area contributed by atoms with Gasteiger partial charge in [0.1, 0.15) is 0 Å². The average Bonchev–Trinajstić information content (AvgIpc) is 2.20. The number of rotatable bonds is 7. The molecule has 8 heteroatoms. The third-order valence-electron chi connectivity index (χ3n) is 2.79. The Morgan fingerprint density at radius 3 is 2.61 bits per heavy atom. The van der Waals surface area contributed by atoms with Gasteiger partial charge in [0.25, 0.3) is 0 Å². The molecule has 0 bridgehead atoms. The minimum absolute atomic E-state index is 0.0276. The van der Waals surface area contributed by atoms with Crippen LogP contribution >= 0.6 is 11.6 Å². The van der Waals surface area contributed by atoms with Crippen LogP contribution in [0.15, 0.2) is 0 Å². The molecule has 0 aromatic carbocycles. The molecule has 0 heterocycles. The zero-order chi connectivity index (χ0) is 13.6. The highest BCUT2D eigenvalue weighted by atomic mass is 35.5. The first-order valence-corrected chi connectivity index (χ1v) is 8.01. The van der Waals surface area contributed by atoms with Crippen LogP contribution in [0.5, 0.6) is 0 Å². The molecule has 0 aliphatic heterocycles. The van der Waals surface area contributed by atoms with Crippen LogP contribution in [0.4, 0.5) is 4.79 Å². The van der Waals surface area contributed by atoms with Gasteiger partial charge in [0.15, 0.2) is 0 Å². The lowest BCUT2D eigenvalue weighted by Gasteiger charge is -2.36. The van der Waals surface area contributed by atoms with E-state index in [1.54, 1.807) is 6.92 Å². The molecule has 0 atom stereocenters. The van der Waals surface area contributed by atoms with E-state index in [1.165, 1.54) is 4.31 Å². The molecule has 0 saturated heterocycles. The number of carbonyl (C=O) groups is 1. The summed E-state index contributed by atoms with van der Waals surface area (Å²) in [6.45, 7) is 2.07. The van der Waals surface area contributed by atoms with Gasteiger partial charge in [0.05, 0.1) is 6.61 Å². The molecule has 0 unspecified atom stereocenters. The summed E-state index contributed by atoms with van der Waals surface area (Å²) in [5.41, 5.74) is 0. The quantitative estimate of drug-likeness (QED) is 0.722. The minimum atomic E-state index is -3.83. The fourth-order valence-corrected chi connectivity index (χ4v) is 3.19. The minimum Gasteiger partial charge on any atom is -0.449 e. The van der Waals surface area contributed by atoms with E-state index in [1.807, 2.05) is 4.72 Å². The van der Waals surface area contributed by atoms with Crippen LogP contribution < -0.4 is 4.72 Å². The van der Waals surface area contributed by atoms with Crippen molar-refractivity contribution in [3.63, 3.8) is 0 Å². The van der Waals surface area contributed by atoms with Crippen LogP contribution in [-0.4, -0.2) is 43.9 Å². The lowest BCUT2D eigenvalue weighted by molar-refractivity contribution is 0.156. The lowest BCUT2D eigenvalue weighted by Crippen LogP contribution is -2.51. The molecule has 0 spiro atoms. The highest BCUT2D eigenvalue weighted by molar-refractivity contribution is 7.87. The molecule has 0 aromatic heterocycles. The zero-order valence-electron chi connectivity index (χ0n) is 10.4. The summed E-state index contributed by atoms with van der Waals surface area (Å²) in [5.74, 6) is 0.387. The summed E-state index contributed by atoms with van der Waals surface area (Å²) < 4.78 is 31.9. The largest absolute Gasteiger partial charge is 0.449 e. The molecule has 106 valence electrons. The van der Waals surface area contributed by atoms with Gasteiger partial charge < -0.3 is 4.74 Å². The van der Waals surface area contributed by atoms with E-state index in [4.69, 9.17) is 11.6 Å². The van der Waals surface area contributed by atoms with Gasteiger partial charge in [-0.2, -0.15) is 12.7 Å². The summed E-state index contributed by atoms with van der Waals surface area (Å²) in [6, 6.07) is -0.0276. The summed E-state index contributed by atoms with van der Waals surface area (Å²) in [6.07, 6.45) is 2.28. The summed E-state index contributed by atoms with van der Waals surface area (Å²) >= 11 is 5.58. The van der Waals surface area contributed by atoms with Gasteiger partial charge in [0, 0.05) is 18.5 Å². The second-order valence-electron chi connectivity index (χ2n) is 4.07. The summed E-state index contributed by atoms with van der Waals surface area (Å²) in [4.78, 5) is 11.2. The lowest BCUT2D eigenvalue weighted by atomic mass is 9.93. The first kappa shape index (κ1) is 15.5. The molecule has 1 aliphatic carbocycles. The van der Waals surface area contributed by atoms with E-state index in [2.05, 4.69) is 4.74 Å². The average molecular weight is 299 g/mol. The Kier molecular flexibility index (Phi) is 6.17. The predicted molar refractivity (Wildman–Crippen MR) is 68.8 cm³/mol. The molecule has 0 radical (unpaired) electrons. The SMILES string of the molecule is CCOC(=O)NS(=O)(=O)N(CCCCl)C1CCC1. The van der Waals surface area contributed by atoms with Crippen molar-refractivity contribution < 1.29 is 17.9 Å². The standard InChI is InChI=1S/C10H19ClN2O4S/c1-2-17-10(14)12-18(15,16)13(8-4-7-11)9-5-3-6-9/h9H,2-8H2,1H3,(H,12,14). The Morgan fingerprint density at radius 1 is 1.50 bits per heavy atom. The molecule has 1 amide bonds. The van der Waals surface area contributed by atoms with E-state index in [-0.39, 0.29) is 12.6 Å². The van der Waals surface area contributed by atoms with E-state index in [9.17, 15) is 13.2 Å². The molecule has 18 heavy (non-hydrogen) atoms. The van der Waals surface area contributed by atoms with Crippen molar-refractivity contribution in [2.75, 3.05) is 19.0 Å². The second kappa shape index (κ2) is 7.16. The first-order chi connectivity index (χ1) is 8.51. The Labute approximate surface area is 113 Å².